The molecule has 1 aromatic rings. The Morgan fingerprint density at radius 2 is 1.58 bits per heavy atom. The molecule has 1 heterocycles. The van der Waals surface area contributed by atoms with Crippen LogP contribution in [-0.4, -0.2) is 35.4 Å². The van der Waals surface area contributed by atoms with Crippen molar-refractivity contribution in [3.05, 3.63) is 17.5 Å². The molecule has 0 atom stereocenters. The van der Waals surface area contributed by atoms with Crippen molar-refractivity contribution in [2.45, 2.75) is 39.5 Å². The van der Waals surface area contributed by atoms with Gasteiger partial charge in [-0.25, -0.2) is 19.6 Å². The Labute approximate surface area is 113 Å². The molecular weight excluding hydrogens is 244 g/mol. The van der Waals surface area contributed by atoms with Gasteiger partial charge in [0.25, 0.3) is 0 Å². The van der Waals surface area contributed by atoms with Crippen LogP contribution in [-0.2, 0) is 9.59 Å². The van der Waals surface area contributed by atoms with E-state index in [-0.39, 0.29) is 0 Å². The van der Waals surface area contributed by atoms with Crippen LogP contribution in [0.5, 0.6) is 0 Å². The van der Waals surface area contributed by atoms with Gasteiger partial charge in [0.05, 0.1) is 18.8 Å². The minimum Gasteiger partial charge on any atom is -0.283 e. The van der Waals surface area contributed by atoms with Crippen LogP contribution < -0.4 is 0 Å². The zero-order chi connectivity index (χ0) is 14.3. The highest BCUT2D eigenvalue weighted by Crippen LogP contribution is 1.99. The topological polar surface area (TPSA) is 87.5 Å². The molecule has 6 heteroatoms. The Morgan fingerprint density at radius 3 is 1.84 bits per heavy atom. The average Bonchev–Trinajstić information content (AvgIpc) is 2.77. The minimum atomic E-state index is 0.556. The number of aromatic nitrogens is 2. The first-order chi connectivity index (χ1) is 9.20. The van der Waals surface area contributed by atoms with Gasteiger partial charge in [0.15, 0.2) is 0 Å². The van der Waals surface area contributed by atoms with E-state index in [0.717, 1.165) is 37.1 Å². The maximum Gasteiger partial charge on any atom is 0.234 e. The number of aliphatic imine (C=N–C) groups is 2. The Kier molecular flexibility index (Phi) is 11.1. The zero-order valence-corrected chi connectivity index (χ0v) is 11.5. The van der Waals surface area contributed by atoms with Crippen LogP contribution in [0.3, 0.4) is 0 Å². The summed E-state index contributed by atoms with van der Waals surface area (Å²) in [5, 5.41) is 6.71. The van der Waals surface area contributed by atoms with E-state index in [1.165, 1.54) is 12.2 Å². The highest BCUT2D eigenvalue weighted by Gasteiger charge is 1.87. The Bertz CT molecular complexity index is 391. The fourth-order valence-corrected chi connectivity index (χ4v) is 1.38. The predicted octanol–water partition coefficient (Wildman–Crippen LogP) is 2.24. The van der Waals surface area contributed by atoms with E-state index in [4.69, 9.17) is 0 Å². The normalized spacial score (nSPS) is 8.74. The van der Waals surface area contributed by atoms with Crippen molar-refractivity contribution in [2.75, 3.05) is 13.1 Å². The average molecular weight is 264 g/mol. The summed E-state index contributed by atoms with van der Waals surface area (Å²) in [6.45, 7) is 5.06. The van der Waals surface area contributed by atoms with E-state index in [0.29, 0.717) is 13.1 Å². The molecule has 0 amide bonds. The molecule has 19 heavy (non-hydrogen) atoms. The molecule has 0 fully saturated rings. The number of hydrogen-bond donors (Lipinski definition) is 1. The van der Waals surface area contributed by atoms with Crippen molar-refractivity contribution < 1.29 is 9.59 Å². The van der Waals surface area contributed by atoms with Crippen molar-refractivity contribution in [1.29, 1.82) is 0 Å². The van der Waals surface area contributed by atoms with Crippen molar-refractivity contribution in [3.63, 3.8) is 0 Å². The van der Waals surface area contributed by atoms with E-state index in [1.54, 1.807) is 0 Å². The van der Waals surface area contributed by atoms with Gasteiger partial charge >= 0.3 is 0 Å². The standard InChI is InChI=1S/C8H12N2O2.C5H8N2/c11-7-9-5-3-1-2-4-6-10-8-12;1-4-3-5(2)7-6-4/h1-6H2;3H,1-2H3,(H,6,7). The monoisotopic (exact) mass is 264 g/mol. The van der Waals surface area contributed by atoms with Crippen LogP contribution in [0.4, 0.5) is 0 Å². The van der Waals surface area contributed by atoms with Crippen molar-refractivity contribution in [2.24, 2.45) is 9.98 Å². The molecule has 104 valence electrons. The Balaban J connectivity index is 0.000000388. The molecule has 0 radical (unpaired) electrons. The smallest absolute Gasteiger partial charge is 0.234 e. The number of H-pyrrole nitrogens is 1. The van der Waals surface area contributed by atoms with Gasteiger partial charge in [-0.3, -0.25) is 5.10 Å². The lowest BCUT2D eigenvalue weighted by atomic mass is 10.2. The predicted molar refractivity (Wildman–Crippen MR) is 72.5 cm³/mol. The van der Waals surface area contributed by atoms with Crippen LogP contribution >= 0.6 is 0 Å². The van der Waals surface area contributed by atoms with Crippen molar-refractivity contribution in [3.8, 4) is 0 Å². The summed E-state index contributed by atoms with van der Waals surface area (Å²) in [5.41, 5.74) is 2.18. The second-order valence-electron chi connectivity index (χ2n) is 4.05. The summed E-state index contributed by atoms with van der Waals surface area (Å²) < 4.78 is 0. The first-order valence-electron chi connectivity index (χ1n) is 6.26. The molecule has 1 rings (SSSR count). The summed E-state index contributed by atoms with van der Waals surface area (Å²) in [7, 11) is 0. The first kappa shape index (κ1) is 17.0. The molecule has 0 aliphatic rings. The third-order valence-corrected chi connectivity index (χ3v) is 2.25. The molecule has 0 saturated carbocycles. The van der Waals surface area contributed by atoms with E-state index >= 15 is 0 Å². The lowest BCUT2D eigenvalue weighted by molar-refractivity contribution is 0.558. The highest BCUT2D eigenvalue weighted by molar-refractivity contribution is 5.32. The van der Waals surface area contributed by atoms with Gasteiger partial charge < -0.3 is 0 Å². The SMILES string of the molecule is Cc1cc(C)[nH]n1.O=C=NCCCCCCN=C=O. The summed E-state index contributed by atoms with van der Waals surface area (Å²) >= 11 is 0. The summed E-state index contributed by atoms with van der Waals surface area (Å²) in [6.07, 6.45) is 6.80. The maximum absolute atomic E-state index is 9.63. The summed E-state index contributed by atoms with van der Waals surface area (Å²) in [5.74, 6) is 0. The van der Waals surface area contributed by atoms with Crippen molar-refractivity contribution >= 4 is 12.2 Å². The fourth-order valence-electron chi connectivity index (χ4n) is 1.38. The van der Waals surface area contributed by atoms with Crippen LogP contribution in [0.25, 0.3) is 0 Å². The van der Waals surface area contributed by atoms with E-state index < -0.39 is 0 Å². The van der Waals surface area contributed by atoms with E-state index in [2.05, 4.69) is 20.2 Å². The summed E-state index contributed by atoms with van der Waals surface area (Å²) in [4.78, 5) is 26.1. The molecule has 0 bridgehead atoms. The highest BCUT2D eigenvalue weighted by atomic mass is 16.1. The number of carbonyl (C=O) groups excluding carboxylic acids is 2. The van der Waals surface area contributed by atoms with Gasteiger partial charge in [-0.15, -0.1) is 0 Å². The van der Waals surface area contributed by atoms with Crippen molar-refractivity contribution in [1.82, 2.24) is 10.2 Å². The Hall–Kier alpha value is -2.03. The third kappa shape index (κ3) is 12.2. The van der Waals surface area contributed by atoms with Gasteiger partial charge in [0, 0.05) is 5.69 Å². The lowest BCUT2D eigenvalue weighted by Crippen LogP contribution is -1.84. The zero-order valence-electron chi connectivity index (χ0n) is 11.5. The lowest BCUT2D eigenvalue weighted by Gasteiger charge is -1.93. The molecule has 0 aliphatic heterocycles. The molecule has 1 N–H and O–H groups in total. The van der Waals surface area contributed by atoms with Gasteiger partial charge in [-0.05, 0) is 32.8 Å². The molecular formula is C13H20N4O2. The summed E-state index contributed by atoms with van der Waals surface area (Å²) in [6, 6.07) is 2.00. The second-order valence-corrected chi connectivity index (χ2v) is 4.05. The van der Waals surface area contributed by atoms with Crippen LogP contribution in [0.15, 0.2) is 16.1 Å². The molecule has 0 saturated heterocycles. The first-order valence-corrected chi connectivity index (χ1v) is 6.26. The van der Waals surface area contributed by atoms with Gasteiger partial charge in [0.1, 0.15) is 0 Å². The maximum atomic E-state index is 9.63. The largest absolute Gasteiger partial charge is 0.283 e. The van der Waals surface area contributed by atoms with Crippen LogP contribution in [0.1, 0.15) is 37.1 Å². The molecule has 0 aliphatic carbocycles. The number of rotatable bonds is 7. The number of nitrogens with one attached hydrogen (secondary N) is 1. The minimum absolute atomic E-state index is 0.556. The molecule has 0 aromatic carbocycles. The number of hydrogen-bond acceptors (Lipinski definition) is 5. The number of aromatic amines is 1. The quantitative estimate of drug-likeness (QED) is 0.465. The van der Waals surface area contributed by atoms with Gasteiger partial charge in [-0.1, -0.05) is 12.8 Å². The molecule has 1 aromatic heterocycles. The second kappa shape index (κ2) is 12.4. The van der Waals surface area contributed by atoms with E-state index in [9.17, 15) is 9.59 Å². The van der Waals surface area contributed by atoms with Gasteiger partial charge in [-0.2, -0.15) is 5.10 Å². The number of aryl methyl sites for hydroxylation is 2. The molecule has 0 spiro atoms. The molecule has 6 nitrogen and oxygen atoms in total. The van der Waals surface area contributed by atoms with Gasteiger partial charge in [0.2, 0.25) is 12.2 Å². The number of nitrogens with zero attached hydrogens (tertiary/aromatic N) is 3. The number of isocyanates is 2. The number of unbranched alkanes of at least 4 members (excludes halogenated alkanes) is 3. The van der Waals surface area contributed by atoms with E-state index in [1.807, 2.05) is 19.9 Å². The fraction of sp³-hybridized carbons (Fsp3) is 0.615. The Morgan fingerprint density at radius 1 is 1.05 bits per heavy atom. The molecule has 0 unspecified atom stereocenters. The van der Waals surface area contributed by atoms with Crippen LogP contribution in [0, 0.1) is 13.8 Å². The van der Waals surface area contributed by atoms with Crippen LogP contribution in [0.2, 0.25) is 0 Å². The third-order valence-electron chi connectivity index (χ3n) is 2.25.